The van der Waals surface area contributed by atoms with Crippen molar-refractivity contribution >= 4 is 12.0 Å². The third-order valence-corrected chi connectivity index (χ3v) is 5.05. The predicted octanol–water partition coefficient (Wildman–Crippen LogP) is 4.30. The Morgan fingerprint density at radius 3 is 2.11 bits per heavy atom. The van der Waals surface area contributed by atoms with Gasteiger partial charge in [0.05, 0.1) is 0 Å². The SMILES string of the molecule is CC(=O)O.CC(C)(C)c1cc(/C=C2/CCCC(N)C2N)c(O)c(C(C)(C)C)c1. The van der Waals surface area contributed by atoms with Crippen molar-refractivity contribution in [1.82, 2.24) is 0 Å². The van der Waals surface area contributed by atoms with E-state index < -0.39 is 5.97 Å². The lowest BCUT2D eigenvalue weighted by molar-refractivity contribution is -0.134. The number of rotatable bonds is 1. The van der Waals surface area contributed by atoms with E-state index in [9.17, 15) is 5.11 Å². The van der Waals surface area contributed by atoms with Crippen molar-refractivity contribution in [2.45, 2.75) is 90.6 Å². The van der Waals surface area contributed by atoms with Crippen molar-refractivity contribution < 1.29 is 15.0 Å². The Balaban J connectivity index is 0.000000892. The number of carboxylic acid groups (broad SMARTS) is 1. The van der Waals surface area contributed by atoms with Gasteiger partial charge in [-0.15, -0.1) is 0 Å². The van der Waals surface area contributed by atoms with Crippen LogP contribution in [0.25, 0.3) is 6.08 Å². The van der Waals surface area contributed by atoms with Gasteiger partial charge in [0.1, 0.15) is 5.75 Å². The molecule has 0 saturated heterocycles. The summed E-state index contributed by atoms with van der Waals surface area (Å²) >= 11 is 0. The zero-order valence-electron chi connectivity index (χ0n) is 18.5. The lowest BCUT2D eigenvalue weighted by Gasteiger charge is -2.30. The zero-order chi connectivity index (χ0) is 21.9. The van der Waals surface area contributed by atoms with Gasteiger partial charge in [-0.05, 0) is 41.7 Å². The van der Waals surface area contributed by atoms with Gasteiger partial charge in [0, 0.05) is 30.1 Å². The number of hydrogen-bond donors (Lipinski definition) is 4. The van der Waals surface area contributed by atoms with Crippen molar-refractivity contribution in [2.75, 3.05) is 0 Å². The topological polar surface area (TPSA) is 110 Å². The Morgan fingerprint density at radius 2 is 1.64 bits per heavy atom. The van der Waals surface area contributed by atoms with Gasteiger partial charge in [-0.1, -0.05) is 59.3 Å². The van der Waals surface area contributed by atoms with E-state index in [-0.39, 0.29) is 22.9 Å². The minimum Gasteiger partial charge on any atom is -0.507 e. The molecule has 1 aromatic rings. The van der Waals surface area contributed by atoms with Crippen LogP contribution < -0.4 is 11.5 Å². The van der Waals surface area contributed by atoms with E-state index in [4.69, 9.17) is 21.4 Å². The molecular weight excluding hydrogens is 352 g/mol. The molecule has 2 unspecified atom stereocenters. The number of phenolic OH excluding ortho intramolecular Hbond substituents is 1. The van der Waals surface area contributed by atoms with Crippen LogP contribution in [-0.4, -0.2) is 28.3 Å². The molecule has 1 saturated carbocycles. The Hall–Kier alpha value is -1.85. The second kappa shape index (κ2) is 9.10. The highest BCUT2D eigenvalue weighted by Gasteiger charge is 2.26. The maximum Gasteiger partial charge on any atom is 0.300 e. The molecule has 5 heteroatoms. The van der Waals surface area contributed by atoms with E-state index in [0.717, 1.165) is 42.9 Å². The standard InChI is InChI=1S/C21H34N2O.C2H4O2/c1-20(2,3)15-11-14(19(24)16(12-15)21(4,5)6)10-13-8-7-9-17(22)18(13)23;1-2(3)4/h10-12,17-18,24H,7-9,22-23H2,1-6H3;1H3,(H,3,4)/b13-10-;. The van der Waals surface area contributed by atoms with Crippen LogP contribution in [0.4, 0.5) is 0 Å². The molecule has 0 aliphatic heterocycles. The molecule has 2 rings (SSSR count). The number of nitrogens with two attached hydrogens (primary N) is 2. The molecule has 6 N–H and O–H groups in total. The van der Waals surface area contributed by atoms with Gasteiger partial charge in [0.2, 0.25) is 0 Å². The van der Waals surface area contributed by atoms with Crippen LogP contribution in [0, 0.1) is 0 Å². The van der Waals surface area contributed by atoms with Crippen molar-refractivity contribution in [2.24, 2.45) is 11.5 Å². The molecule has 0 spiro atoms. The van der Waals surface area contributed by atoms with Crippen molar-refractivity contribution in [3.05, 3.63) is 34.4 Å². The maximum absolute atomic E-state index is 10.9. The zero-order valence-corrected chi connectivity index (χ0v) is 18.5. The monoisotopic (exact) mass is 390 g/mol. The molecule has 158 valence electrons. The first kappa shape index (κ1) is 24.2. The first-order chi connectivity index (χ1) is 12.6. The van der Waals surface area contributed by atoms with Gasteiger partial charge in [-0.3, -0.25) is 4.79 Å². The predicted molar refractivity (Wildman–Crippen MR) is 117 cm³/mol. The third-order valence-electron chi connectivity index (χ3n) is 5.05. The van der Waals surface area contributed by atoms with Gasteiger partial charge in [-0.25, -0.2) is 0 Å². The van der Waals surface area contributed by atoms with Crippen LogP contribution in [0.2, 0.25) is 0 Å². The normalized spacial score (nSPS) is 21.8. The number of phenols is 1. The molecule has 0 radical (unpaired) electrons. The summed E-state index contributed by atoms with van der Waals surface area (Å²) in [6.07, 6.45) is 5.06. The second-order valence-electron chi connectivity index (χ2n) is 9.78. The highest BCUT2D eigenvalue weighted by atomic mass is 16.4. The molecule has 1 aliphatic rings. The van der Waals surface area contributed by atoms with E-state index >= 15 is 0 Å². The Kier molecular flexibility index (Phi) is 7.86. The van der Waals surface area contributed by atoms with E-state index in [1.165, 1.54) is 5.56 Å². The number of aliphatic carboxylic acids is 1. The second-order valence-corrected chi connectivity index (χ2v) is 9.78. The molecule has 1 aromatic carbocycles. The molecule has 1 fully saturated rings. The number of benzene rings is 1. The summed E-state index contributed by atoms with van der Waals surface area (Å²) in [6.45, 7) is 14.1. The summed E-state index contributed by atoms with van der Waals surface area (Å²) in [5.74, 6) is -0.464. The smallest absolute Gasteiger partial charge is 0.300 e. The average Bonchev–Trinajstić information content (AvgIpc) is 2.50. The molecule has 28 heavy (non-hydrogen) atoms. The highest BCUT2D eigenvalue weighted by molar-refractivity contribution is 5.65. The highest BCUT2D eigenvalue weighted by Crippen LogP contribution is 2.39. The van der Waals surface area contributed by atoms with Crippen molar-refractivity contribution in [1.29, 1.82) is 0 Å². The molecule has 0 bridgehead atoms. The van der Waals surface area contributed by atoms with Gasteiger partial charge in [0.25, 0.3) is 5.97 Å². The average molecular weight is 391 g/mol. The quantitative estimate of drug-likeness (QED) is 0.571. The number of aromatic hydroxyl groups is 1. The van der Waals surface area contributed by atoms with Crippen LogP contribution in [0.15, 0.2) is 17.7 Å². The Bertz CT molecular complexity index is 721. The molecular formula is C23H38N2O3. The largest absolute Gasteiger partial charge is 0.507 e. The number of carboxylic acids is 1. The summed E-state index contributed by atoms with van der Waals surface area (Å²) in [5, 5.41) is 18.3. The van der Waals surface area contributed by atoms with E-state index in [1.807, 2.05) is 0 Å². The fourth-order valence-electron chi connectivity index (χ4n) is 3.30. The van der Waals surface area contributed by atoms with E-state index in [2.05, 4.69) is 59.8 Å². The van der Waals surface area contributed by atoms with Crippen LogP contribution in [0.1, 0.15) is 84.4 Å². The maximum atomic E-state index is 10.9. The van der Waals surface area contributed by atoms with Crippen LogP contribution in [0.5, 0.6) is 5.75 Å². The molecule has 5 nitrogen and oxygen atoms in total. The lowest BCUT2D eigenvalue weighted by Crippen LogP contribution is -2.45. The molecule has 2 atom stereocenters. The van der Waals surface area contributed by atoms with Crippen LogP contribution in [-0.2, 0) is 15.6 Å². The molecule has 1 aliphatic carbocycles. The third kappa shape index (κ3) is 6.64. The van der Waals surface area contributed by atoms with Gasteiger partial charge >= 0.3 is 0 Å². The summed E-state index contributed by atoms with van der Waals surface area (Å²) in [7, 11) is 0. The lowest BCUT2D eigenvalue weighted by atomic mass is 9.78. The fourth-order valence-corrected chi connectivity index (χ4v) is 3.30. The molecule has 0 aromatic heterocycles. The van der Waals surface area contributed by atoms with Gasteiger partial charge < -0.3 is 21.7 Å². The summed E-state index contributed by atoms with van der Waals surface area (Å²) in [5.41, 5.74) is 16.5. The fraction of sp³-hybridized carbons (Fsp3) is 0.609. The van der Waals surface area contributed by atoms with Crippen LogP contribution >= 0.6 is 0 Å². The molecule has 0 amide bonds. The van der Waals surface area contributed by atoms with Crippen molar-refractivity contribution in [3.63, 3.8) is 0 Å². The Morgan fingerprint density at radius 1 is 1.11 bits per heavy atom. The summed E-state index contributed by atoms with van der Waals surface area (Å²) in [6, 6.07) is 4.14. The Labute approximate surface area is 169 Å². The van der Waals surface area contributed by atoms with Gasteiger partial charge in [-0.2, -0.15) is 0 Å². The number of carbonyl (C=O) groups is 1. The molecule has 0 heterocycles. The van der Waals surface area contributed by atoms with E-state index in [1.54, 1.807) is 0 Å². The van der Waals surface area contributed by atoms with Crippen LogP contribution in [0.3, 0.4) is 0 Å². The van der Waals surface area contributed by atoms with Crippen molar-refractivity contribution in [3.8, 4) is 5.75 Å². The number of hydrogen-bond acceptors (Lipinski definition) is 4. The minimum absolute atomic E-state index is 0.0139. The minimum atomic E-state index is -0.833. The first-order valence-corrected chi connectivity index (χ1v) is 9.93. The summed E-state index contributed by atoms with van der Waals surface area (Å²) < 4.78 is 0. The first-order valence-electron chi connectivity index (χ1n) is 9.93. The summed E-state index contributed by atoms with van der Waals surface area (Å²) in [4.78, 5) is 9.00. The van der Waals surface area contributed by atoms with Gasteiger partial charge in [0.15, 0.2) is 0 Å². The van der Waals surface area contributed by atoms with E-state index in [0.29, 0.717) is 5.75 Å².